The van der Waals surface area contributed by atoms with Crippen molar-refractivity contribution in [1.82, 2.24) is 30.0 Å². The molecular weight excluding hydrogens is 756 g/mol. The van der Waals surface area contributed by atoms with Crippen LogP contribution in [0.3, 0.4) is 0 Å². The van der Waals surface area contributed by atoms with E-state index in [9.17, 15) is 36.0 Å². The molecule has 1 saturated heterocycles. The summed E-state index contributed by atoms with van der Waals surface area (Å²) in [4.78, 5) is 56.1. The normalized spacial score (nSPS) is 26.3. The van der Waals surface area contributed by atoms with Crippen molar-refractivity contribution in [2.24, 2.45) is 18.9 Å². The molecule has 3 aliphatic carbocycles. The molecule has 0 spiro atoms. The van der Waals surface area contributed by atoms with E-state index >= 15 is 0 Å². The van der Waals surface area contributed by atoms with Gasteiger partial charge in [-0.25, -0.2) is 8.42 Å². The molecule has 1 unspecified atom stereocenters. The van der Waals surface area contributed by atoms with Gasteiger partial charge in [-0.2, -0.15) is 13.5 Å². The maximum absolute atomic E-state index is 14.2. The van der Waals surface area contributed by atoms with Gasteiger partial charge in [0, 0.05) is 36.6 Å². The summed E-state index contributed by atoms with van der Waals surface area (Å²) in [5.41, 5.74) is -1.52. The average molecular weight is 796 g/mol. The zero-order valence-electron chi connectivity index (χ0n) is 27.7. The highest BCUT2D eigenvalue weighted by atomic mass is 79.9. The SMILES string of the molecule is C/C=C\C1C[C@]1(NC(=O)[C@@H]1C[C@H](OS(=O)(=O)c2ccc(Br)cc2)CN1C(=O)[C@@H](NC(=O)c1ccn(C)n1)C1CC1)C(=O)NS(=O)(=O)C1(C)CC1. The highest BCUT2D eigenvalue weighted by Gasteiger charge is 2.63. The van der Waals surface area contributed by atoms with Crippen LogP contribution in [0.1, 0.15) is 62.9 Å². The summed E-state index contributed by atoms with van der Waals surface area (Å²) in [7, 11) is -6.71. The first-order valence-electron chi connectivity index (χ1n) is 16.3. The van der Waals surface area contributed by atoms with Crippen LogP contribution in [-0.2, 0) is 45.8 Å². The van der Waals surface area contributed by atoms with Gasteiger partial charge >= 0.3 is 0 Å². The van der Waals surface area contributed by atoms with Gasteiger partial charge in [0.25, 0.3) is 21.9 Å². The molecule has 4 aliphatic rings. The van der Waals surface area contributed by atoms with Gasteiger partial charge in [0.2, 0.25) is 21.8 Å². The standard InChI is InChI=1S/C32H39BrN6O9S2/c1-4-5-20-17-32(20,30(43)37-50(46,47)31(2)13-14-31)35-28(41)25-16-22(48-49(44,45)23-10-8-21(33)9-11-23)18-39(25)29(42)26(19-6-7-19)34-27(40)24-12-15-38(3)36-24/h4-5,8-12,15,19-20,22,25-26H,6-7,13-14,16-18H2,1-3H3,(H,34,40)(H,35,41)(H,37,43)/b5-4-/t20?,22-,25-,26-,32+/m0/s1. The molecule has 15 nitrogen and oxygen atoms in total. The Morgan fingerprint density at radius 1 is 1.08 bits per heavy atom. The fourth-order valence-corrected chi connectivity index (χ4v) is 8.89. The van der Waals surface area contributed by atoms with Gasteiger partial charge in [0.15, 0.2) is 0 Å². The number of aryl methyl sites for hydroxylation is 1. The molecule has 0 radical (unpaired) electrons. The third-order valence-electron chi connectivity index (χ3n) is 9.83. The molecule has 4 amide bonds. The minimum atomic E-state index is -4.33. The Labute approximate surface area is 298 Å². The summed E-state index contributed by atoms with van der Waals surface area (Å²) in [5.74, 6) is -3.62. The fraction of sp³-hybridized carbons (Fsp3) is 0.531. The molecule has 2 heterocycles. The average Bonchev–Trinajstić information content (AvgIpc) is 4.01. The van der Waals surface area contributed by atoms with Crippen molar-refractivity contribution in [3.05, 3.63) is 58.8 Å². The van der Waals surface area contributed by atoms with Crippen molar-refractivity contribution in [3.8, 4) is 0 Å². The molecule has 3 saturated carbocycles. The summed E-state index contributed by atoms with van der Waals surface area (Å²) in [5, 5.41) is 9.57. The minimum Gasteiger partial charge on any atom is -0.339 e. The second-order valence-corrected chi connectivity index (χ2v) is 18.4. The largest absolute Gasteiger partial charge is 0.339 e. The number of nitrogens with one attached hydrogen (secondary N) is 3. The van der Waals surface area contributed by atoms with E-state index < -0.39 is 78.2 Å². The Balaban J connectivity index is 1.27. The Morgan fingerprint density at radius 2 is 1.76 bits per heavy atom. The predicted octanol–water partition coefficient (Wildman–Crippen LogP) is 1.52. The maximum atomic E-state index is 14.2. The van der Waals surface area contributed by atoms with Gasteiger partial charge < -0.3 is 15.5 Å². The number of likely N-dealkylation sites (tertiary alicyclic amines) is 1. The summed E-state index contributed by atoms with van der Waals surface area (Å²) >= 11 is 3.27. The van der Waals surface area contributed by atoms with E-state index in [-0.39, 0.29) is 35.9 Å². The Hall–Kier alpha value is -3.61. The minimum absolute atomic E-state index is 0.0928. The van der Waals surface area contributed by atoms with Gasteiger partial charge in [0.05, 0.1) is 15.7 Å². The lowest BCUT2D eigenvalue weighted by Crippen LogP contribution is -2.59. The van der Waals surface area contributed by atoms with Crippen LogP contribution in [0.2, 0.25) is 0 Å². The monoisotopic (exact) mass is 794 g/mol. The third-order valence-corrected chi connectivity index (χ3v) is 13.9. The highest BCUT2D eigenvalue weighted by Crippen LogP contribution is 2.47. The lowest BCUT2D eigenvalue weighted by molar-refractivity contribution is -0.141. The van der Waals surface area contributed by atoms with Crippen molar-refractivity contribution >= 4 is 59.7 Å². The number of rotatable bonds is 13. The van der Waals surface area contributed by atoms with Crippen LogP contribution < -0.4 is 15.4 Å². The van der Waals surface area contributed by atoms with E-state index in [1.807, 2.05) is 0 Å². The molecule has 4 fully saturated rings. The highest BCUT2D eigenvalue weighted by molar-refractivity contribution is 9.10. The quantitative estimate of drug-likeness (QED) is 0.197. The molecule has 50 heavy (non-hydrogen) atoms. The Bertz CT molecular complexity index is 1960. The van der Waals surface area contributed by atoms with Crippen molar-refractivity contribution in [3.63, 3.8) is 0 Å². The van der Waals surface area contributed by atoms with E-state index in [2.05, 4.69) is 36.4 Å². The van der Waals surface area contributed by atoms with Crippen LogP contribution in [0.25, 0.3) is 0 Å². The van der Waals surface area contributed by atoms with Gasteiger partial charge in [0.1, 0.15) is 23.3 Å². The zero-order chi connectivity index (χ0) is 36.2. The van der Waals surface area contributed by atoms with Crippen LogP contribution in [0, 0.1) is 11.8 Å². The number of aromatic nitrogens is 2. The number of carbonyl (C=O) groups excluding carboxylic acids is 4. The topological polar surface area (TPSA) is 203 Å². The lowest BCUT2D eigenvalue weighted by Gasteiger charge is -2.30. The molecule has 0 bridgehead atoms. The van der Waals surface area contributed by atoms with Crippen molar-refractivity contribution < 1.29 is 40.2 Å². The Kier molecular flexibility index (Phi) is 9.54. The van der Waals surface area contributed by atoms with Crippen molar-refractivity contribution in [2.75, 3.05) is 6.54 Å². The predicted molar refractivity (Wildman–Crippen MR) is 182 cm³/mol. The molecule has 3 N–H and O–H groups in total. The van der Waals surface area contributed by atoms with E-state index in [4.69, 9.17) is 4.18 Å². The van der Waals surface area contributed by atoms with Crippen LogP contribution in [0.15, 0.2) is 58.0 Å². The summed E-state index contributed by atoms with van der Waals surface area (Å²) in [6.07, 6.45) is 5.76. The van der Waals surface area contributed by atoms with E-state index in [1.54, 1.807) is 32.3 Å². The lowest BCUT2D eigenvalue weighted by atomic mass is 10.1. The van der Waals surface area contributed by atoms with E-state index in [0.717, 1.165) is 0 Å². The molecule has 1 aromatic heterocycles. The molecule has 5 atom stereocenters. The first kappa shape index (κ1) is 36.2. The number of halogens is 1. The molecule has 18 heteroatoms. The molecule has 1 aromatic carbocycles. The van der Waals surface area contributed by atoms with E-state index in [0.29, 0.717) is 30.2 Å². The Morgan fingerprint density at radius 3 is 2.34 bits per heavy atom. The number of hydrogen-bond acceptors (Lipinski definition) is 10. The first-order valence-corrected chi connectivity index (χ1v) is 20.0. The maximum Gasteiger partial charge on any atom is 0.297 e. The summed E-state index contributed by atoms with van der Waals surface area (Å²) in [6.45, 7) is 2.96. The van der Waals surface area contributed by atoms with Gasteiger partial charge in [-0.3, -0.25) is 32.8 Å². The summed E-state index contributed by atoms with van der Waals surface area (Å²) < 4.78 is 61.2. The first-order chi connectivity index (χ1) is 23.5. The number of carbonyl (C=O) groups is 4. The smallest absolute Gasteiger partial charge is 0.297 e. The number of benzene rings is 1. The summed E-state index contributed by atoms with van der Waals surface area (Å²) in [6, 6.07) is 4.92. The van der Waals surface area contributed by atoms with Crippen LogP contribution in [0.4, 0.5) is 0 Å². The fourth-order valence-electron chi connectivity index (χ4n) is 6.23. The van der Waals surface area contributed by atoms with Crippen molar-refractivity contribution in [2.45, 2.75) is 85.7 Å². The molecule has 1 aliphatic heterocycles. The number of amides is 4. The van der Waals surface area contributed by atoms with Crippen LogP contribution >= 0.6 is 15.9 Å². The van der Waals surface area contributed by atoms with E-state index in [1.165, 1.54) is 46.8 Å². The van der Waals surface area contributed by atoms with Gasteiger partial charge in [-0.05, 0) is 82.2 Å². The molecule has 6 rings (SSSR count). The second kappa shape index (κ2) is 13.2. The number of allylic oxidation sites excluding steroid dienone is 1. The van der Waals surface area contributed by atoms with Crippen LogP contribution in [0.5, 0.6) is 0 Å². The van der Waals surface area contributed by atoms with Gasteiger partial charge in [-0.1, -0.05) is 28.1 Å². The van der Waals surface area contributed by atoms with Crippen LogP contribution in [-0.4, -0.2) is 90.2 Å². The second-order valence-electron chi connectivity index (χ2n) is 13.7. The molecule has 270 valence electrons. The number of sulfonamides is 1. The number of nitrogens with zero attached hydrogens (tertiary/aromatic N) is 3. The van der Waals surface area contributed by atoms with Crippen molar-refractivity contribution in [1.29, 1.82) is 0 Å². The molecule has 2 aromatic rings. The van der Waals surface area contributed by atoms with Gasteiger partial charge in [-0.15, -0.1) is 0 Å². The zero-order valence-corrected chi connectivity index (χ0v) is 30.9. The molecular formula is C32H39BrN6O9S2. The third kappa shape index (κ3) is 7.25. The number of hydrogen-bond donors (Lipinski definition) is 3.